The lowest BCUT2D eigenvalue weighted by Gasteiger charge is -2.16. The first-order chi connectivity index (χ1) is 10.5. The summed E-state index contributed by atoms with van der Waals surface area (Å²) in [6.45, 7) is 1.84. The summed E-state index contributed by atoms with van der Waals surface area (Å²) in [5.41, 5.74) is 0. The minimum absolute atomic E-state index is 0.0353. The summed E-state index contributed by atoms with van der Waals surface area (Å²) < 4.78 is 12.8. The lowest BCUT2D eigenvalue weighted by Crippen LogP contribution is -2.37. The average Bonchev–Trinajstić information content (AvgIpc) is 2.95. The van der Waals surface area contributed by atoms with Gasteiger partial charge < -0.3 is 10.4 Å². The Morgan fingerprint density at radius 2 is 2.05 bits per heavy atom. The van der Waals surface area contributed by atoms with E-state index in [4.69, 9.17) is 5.11 Å². The second kappa shape index (κ2) is 7.63. The number of carboxylic acids is 1. The molecule has 0 saturated heterocycles. The Kier molecular flexibility index (Phi) is 5.83. The number of rotatable bonds is 6. The summed E-state index contributed by atoms with van der Waals surface area (Å²) in [5.74, 6) is -1.02. The van der Waals surface area contributed by atoms with E-state index in [1.54, 1.807) is 12.1 Å². The molecular weight excluding hydrogens is 305 g/mol. The molecule has 0 aliphatic heterocycles. The first kappa shape index (κ1) is 16.8. The molecule has 0 heterocycles. The zero-order valence-electron chi connectivity index (χ0n) is 12.4. The molecule has 1 aromatic carbocycles. The Morgan fingerprint density at radius 3 is 2.64 bits per heavy atom. The van der Waals surface area contributed by atoms with Crippen LogP contribution in [0.4, 0.5) is 4.39 Å². The largest absolute Gasteiger partial charge is 0.481 e. The second-order valence-electron chi connectivity index (χ2n) is 5.72. The number of amides is 1. The predicted molar refractivity (Wildman–Crippen MR) is 83.2 cm³/mol. The van der Waals surface area contributed by atoms with Crippen molar-refractivity contribution in [1.29, 1.82) is 0 Å². The highest BCUT2D eigenvalue weighted by Crippen LogP contribution is 2.26. The highest BCUT2D eigenvalue weighted by atomic mass is 32.2. The second-order valence-corrected chi connectivity index (χ2v) is 6.81. The lowest BCUT2D eigenvalue weighted by atomic mass is 10.1. The SMILES string of the molecule is CC(CSc1ccc(F)cc1)C(=O)N[C@H]1CC[C@@H](C(=O)O)C1. The van der Waals surface area contributed by atoms with Crippen LogP contribution in [0.5, 0.6) is 0 Å². The predicted octanol–water partition coefficient (Wildman–Crippen LogP) is 2.92. The van der Waals surface area contributed by atoms with E-state index in [0.717, 1.165) is 11.3 Å². The molecule has 1 aliphatic rings. The van der Waals surface area contributed by atoms with Gasteiger partial charge in [-0.15, -0.1) is 11.8 Å². The fourth-order valence-electron chi connectivity index (χ4n) is 2.51. The molecule has 3 atom stereocenters. The van der Waals surface area contributed by atoms with E-state index in [-0.39, 0.29) is 29.6 Å². The van der Waals surface area contributed by atoms with Crippen LogP contribution in [0.15, 0.2) is 29.2 Å². The van der Waals surface area contributed by atoms with Gasteiger partial charge in [-0.2, -0.15) is 0 Å². The van der Waals surface area contributed by atoms with Gasteiger partial charge in [0, 0.05) is 22.6 Å². The third kappa shape index (κ3) is 4.73. The molecule has 1 unspecified atom stereocenters. The van der Waals surface area contributed by atoms with E-state index in [2.05, 4.69) is 5.32 Å². The summed E-state index contributed by atoms with van der Waals surface area (Å²) >= 11 is 1.51. The number of aliphatic carboxylic acids is 1. The van der Waals surface area contributed by atoms with Crippen molar-refractivity contribution in [2.45, 2.75) is 37.1 Å². The maximum Gasteiger partial charge on any atom is 0.306 e. The molecule has 22 heavy (non-hydrogen) atoms. The van der Waals surface area contributed by atoms with E-state index in [1.165, 1.54) is 23.9 Å². The van der Waals surface area contributed by atoms with Crippen LogP contribution in [0.3, 0.4) is 0 Å². The quantitative estimate of drug-likeness (QED) is 0.789. The van der Waals surface area contributed by atoms with Crippen molar-refractivity contribution in [3.63, 3.8) is 0 Å². The number of halogens is 1. The van der Waals surface area contributed by atoms with Gasteiger partial charge in [0.05, 0.1) is 5.92 Å². The van der Waals surface area contributed by atoms with Crippen molar-refractivity contribution in [1.82, 2.24) is 5.32 Å². The van der Waals surface area contributed by atoms with Crippen LogP contribution in [-0.4, -0.2) is 28.8 Å². The summed E-state index contributed by atoms with van der Waals surface area (Å²) in [7, 11) is 0. The minimum atomic E-state index is -0.781. The fourth-order valence-corrected chi connectivity index (χ4v) is 3.43. The van der Waals surface area contributed by atoms with Crippen molar-refractivity contribution in [2.75, 3.05) is 5.75 Å². The maximum absolute atomic E-state index is 12.8. The Balaban J connectivity index is 1.75. The Bertz CT molecular complexity index is 535. The van der Waals surface area contributed by atoms with Crippen LogP contribution >= 0.6 is 11.8 Å². The monoisotopic (exact) mass is 325 g/mol. The molecular formula is C16H20FNO3S. The maximum atomic E-state index is 12.8. The van der Waals surface area contributed by atoms with Crippen molar-refractivity contribution in [3.05, 3.63) is 30.1 Å². The van der Waals surface area contributed by atoms with Crippen molar-refractivity contribution < 1.29 is 19.1 Å². The highest BCUT2D eigenvalue weighted by Gasteiger charge is 2.31. The molecule has 1 amide bonds. The van der Waals surface area contributed by atoms with E-state index in [0.29, 0.717) is 18.6 Å². The number of carboxylic acid groups (broad SMARTS) is 1. The van der Waals surface area contributed by atoms with Gasteiger partial charge in [0.15, 0.2) is 0 Å². The Morgan fingerprint density at radius 1 is 1.36 bits per heavy atom. The van der Waals surface area contributed by atoms with Gasteiger partial charge in [0.1, 0.15) is 5.82 Å². The number of thioether (sulfide) groups is 1. The number of hydrogen-bond acceptors (Lipinski definition) is 3. The fraction of sp³-hybridized carbons (Fsp3) is 0.500. The number of hydrogen-bond donors (Lipinski definition) is 2. The molecule has 0 bridgehead atoms. The van der Waals surface area contributed by atoms with Crippen molar-refractivity contribution in [2.24, 2.45) is 11.8 Å². The first-order valence-electron chi connectivity index (χ1n) is 7.37. The minimum Gasteiger partial charge on any atom is -0.481 e. The lowest BCUT2D eigenvalue weighted by molar-refractivity contribution is -0.141. The zero-order valence-corrected chi connectivity index (χ0v) is 13.2. The van der Waals surface area contributed by atoms with Crippen LogP contribution in [0.25, 0.3) is 0 Å². The smallest absolute Gasteiger partial charge is 0.306 e. The van der Waals surface area contributed by atoms with Crippen molar-refractivity contribution in [3.8, 4) is 0 Å². The van der Waals surface area contributed by atoms with Gasteiger partial charge in [-0.05, 0) is 43.5 Å². The summed E-state index contributed by atoms with van der Waals surface area (Å²) in [4.78, 5) is 24.0. The summed E-state index contributed by atoms with van der Waals surface area (Å²) in [6.07, 6.45) is 1.86. The molecule has 0 spiro atoms. The molecule has 120 valence electrons. The van der Waals surface area contributed by atoms with E-state index < -0.39 is 5.97 Å². The van der Waals surface area contributed by atoms with E-state index >= 15 is 0 Å². The van der Waals surface area contributed by atoms with Crippen LogP contribution in [0.2, 0.25) is 0 Å². The van der Waals surface area contributed by atoms with Crippen LogP contribution in [-0.2, 0) is 9.59 Å². The van der Waals surface area contributed by atoms with Gasteiger partial charge in [0.2, 0.25) is 5.91 Å². The van der Waals surface area contributed by atoms with Gasteiger partial charge >= 0.3 is 5.97 Å². The molecule has 0 aromatic heterocycles. The first-order valence-corrected chi connectivity index (χ1v) is 8.36. The average molecular weight is 325 g/mol. The molecule has 2 N–H and O–H groups in total. The Labute approximate surface area is 133 Å². The molecule has 6 heteroatoms. The standard InChI is InChI=1S/C16H20FNO3S/c1-10(9-22-14-6-3-12(17)4-7-14)15(19)18-13-5-2-11(8-13)16(20)21/h3-4,6-7,10-11,13H,2,5,8-9H2,1H3,(H,18,19)(H,20,21)/t10?,11-,13+/m1/s1. The van der Waals surface area contributed by atoms with Crippen molar-refractivity contribution >= 4 is 23.6 Å². The third-order valence-corrected chi connectivity index (χ3v) is 5.16. The summed E-state index contributed by atoms with van der Waals surface area (Å²) in [5, 5.41) is 11.9. The molecule has 4 nitrogen and oxygen atoms in total. The number of carbonyl (C=O) groups is 2. The van der Waals surface area contributed by atoms with Gasteiger partial charge in [-0.25, -0.2) is 4.39 Å². The number of carbonyl (C=O) groups excluding carboxylic acids is 1. The van der Waals surface area contributed by atoms with E-state index in [9.17, 15) is 14.0 Å². The normalized spacial score (nSPS) is 22.3. The summed E-state index contributed by atoms with van der Waals surface area (Å²) in [6, 6.07) is 6.15. The molecule has 1 fully saturated rings. The van der Waals surface area contributed by atoms with Crippen LogP contribution < -0.4 is 5.32 Å². The van der Waals surface area contributed by atoms with Crippen LogP contribution in [0, 0.1) is 17.7 Å². The highest BCUT2D eigenvalue weighted by molar-refractivity contribution is 7.99. The zero-order chi connectivity index (χ0) is 16.1. The molecule has 2 rings (SSSR count). The van der Waals surface area contributed by atoms with Gasteiger partial charge in [-0.1, -0.05) is 6.92 Å². The molecule has 0 radical (unpaired) electrons. The molecule has 1 saturated carbocycles. The topological polar surface area (TPSA) is 66.4 Å². The molecule has 1 aromatic rings. The third-order valence-electron chi connectivity index (χ3n) is 3.89. The van der Waals surface area contributed by atoms with Crippen LogP contribution in [0.1, 0.15) is 26.2 Å². The molecule has 1 aliphatic carbocycles. The van der Waals surface area contributed by atoms with Gasteiger partial charge in [0.25, 0.3) is 0 Å². The van der Waals surface area contributed by atoms with Gasteiger partial charge in [-0.3, -0.25) is 9.59 Å². The number of benzene rings is 1. The number of nitrogens with one attached hydrogen (secondary N) is 1. The Hall–Kier alpha value is -1.56. The van der Waals surface area contributed by atoms with E-state index in [1.807, 2.05) is 6.92 Å².